The highest BCUT2D eigenvalue weighted by Crippen LogP contribution is 2.44. The zero-order chi connectivity index (χ0) is 19.0. The summed E-state index contributed by atoms with van der Waals surface area (Å²) in [5, 5.41) is 11.7. The van der Waals surface area contributed by atoms with Crippen LogP contribution in [-0.4, -0.2) is 50.2 Å². The molecule has 14 heteroatoms. The Balaban J connectivity index is 2.17. The van der Waals surface area contributed by atoms with Crippen LogP contribution in [0.4, 0.5) is 14.6 Å². The molecule has 1 saturated heterocycles. The second-order valence-corrected chi connectivity index (χ2v) is 8.18. The van der Waals surface area contributed by atoms with Gasteiger partial charge in [-0.1, -0.05) is 0 Å². The molecule has 1 aliphatic rings. The Morgan fingerprint density at radius 1 is 1.68 bits per heavy atom. The lowest BCUT2D eigenvalue weighted by Crippen LogP contribution is -2.42. The second-order valence-electron chi connectivity index (χ2n) is 5.17. The average molecular weight is 400 g/mol. The fraction of sp³-hybridized carbons (Fsp3) is 0.545. The maximum absolute atomic E-state index is 14.3. The van der Waals surface area contributed by atoms with E-state index < -0.39 is 49.2 Å². The number of nitrogens with zero attached hydrogens (tertiary/aromatic N) is 2. The Hall–Kier alpha value is -1.50. The van der Waals surface area contributed by atoms with E-state index in [-0.39, 0.29) is 5.82 Å². The van der Waals surface area contributed by atoms with Crippen LogP contribution in [0.15, 0.2) is 17.1 Å². The number of halogens is 2. The molecule has 0 aromatic carbocycles. The molecule has 140 valence electrons. The Kier molecular flexibility index (Phi) is 5.56. The van der Waals surface area contributed by atoms with Crippen LogP contribution in [0.25, 0.3) is 0 Å². The maximum atomic E-state index is 14.3. The van der Waals surface area contributed by atoms with E-state index in [0.29, 0.717) is 4.57 Å². The van der Waals surface area contributed by atoms with Gasteiger partial charge >= 0.3 is 11.6 Å². The second kappa shape index (κ2) is 7.02. The first-order valence-corrected chi connectivity index (χ1v) is 9.43. The van der Waals surface area contributed by atoms with E-state index in [1.165, 1.54) is 0 Å². The van der Waals surface area contributed by atoms with Gasteiger partial charge in [0.25, 0.3) is 6.64 Å². The smallest absolute Gasteiger partial charge is 0.351 e. The van der Waals surface area contributed by atoms with E-state index in [0.717, 1.165) is 19.2 Å². The third kappa shape index (κ3) is 4.37. The van der Waals surface area contributed by atoms with Crippen molar-refractivity contribution in [1.29, 1.82) is 0 Å². The summed E-state index contributed by atoms with van der Waals surface area (Å²) in [6.45, 7) is -3.44. The Morgan fingerprint density at radius 2 is 2.32 bits per heavy atom. The van der Waals surface area contributed by atoms with E-state index in [1.54, 1.807) is 0 Å². The fourth-order valence-corrected chi connectivity index (χ4v) is 3.50. The maximum Gasteiger partial charge on any atom is 0.351 e. The number of rotatable bonds is 5. The minimum atomic E-state index is -3.86. The molecule has 25 heavy (non-hydrogen) atoms. The lowest BCUT2D eigenvalue weighted by molar-refractivity contribution is -0.140. The Morgan fingerprint density at radius 3 is 2.88 bits per heavy atom. The molecule has 0 radical (unpaired) electrons. The minimum Gasteiger partial charge on any atom is -0.384 e. The van der Waals surface area contributed by atoms with Crippen LogP contribution >= 0.6 is 6.64 Å². The molecule has 1 amide bonds. The van der Waals surface area contributed by atoms with Crippen molar-refractivity contribution in [1.82, 2.24) is 14.6 Å². The number of anilines is 1. The molecule has 1 aliphatic heterocycles. The molecule has 4 atom stereocenters. The summed E-state index contributed by atoms with van der Waals surface area (Å²) < 4.78 is 38.8. The number of nitrogens with one attached hydrogen (secondary N) is 1. The van der Waals surface area contributed by atoms with Crippen LogP contribution in [-0.2, 0) is 25.9 Å². The van der Waals surface area contributed by atoms with Crippen LogP contribution in [0, 0.1) is 0 Å². The molecule has 0 spiro atoms. The molecule has 5 N–H and O–H groups in total. The third-order valence-corrected chi connectivity index (χ3v) is 4.88. The van der Waals surface area contributed by atoms with E-state index in [4.69, 9.17) is 15.0 Å². The van der Waals surface area contributed by atoms with Crippen LogP contribution in [0.3, 0.4) is 0 Å². The summed E-state index contributed by atoms with van der Waals surface area (Å²) in [5.74, 6) is -4.71. The van der Waals surface area contributed by atoms with E-state index in [9.17, 15) is 28.4 Å². The van der Waals surface area contributed by atoms with Gasteiger partial charge in [-0.3, -0.25) is 14.4 Å². The SMILES string of the molecule is CC(=O)NP(O)(=S)OC[C@H]1O[C@@H](n2ccc(N)nc2=O)C(F)(F)[C@@H]1O. The number of ether oxygens (including phenoxy) is 1. The molecular weight excluding hydrogens is 385 g/mol. The first kappa shape index (κ1) is 19.8. The highest BCUT2D eigenvalue weighted by molar-refractivity contribution is 8.08. The molecular formula is C11H15F2N4O6PS. The van der Waals surface area contributed by atoms with Gasteiger partial charge in [-0.25, -0.2) is 4.79 Å². The predicted molar refractivity (Wildman–Crippen MR) is 84.0 cm³/mol. The molecule has 1 aromatic heterocycles. The first-order chi connectivity index (χ1) is 11.4. The highest BCUT2D eigenvalue weighted by atomic mass is 32.5. The van der Waals surface area contributed by atoms with Crippen molar-refractivity contribution in [3.63, 3.8) is 0 Å². The van der Waals surface area contributed by atoms with Crippen molar-refractivity contribution < 1.29 is 32.8 Å². The standard InChI is InChI=1S/C11H15F2N4O6PS/c1-5(18)16-24(21,25)22-4-6-8(19)11(12,13)9(23-6)17-3-2-7(14)15-10(17)20/h2-3,6,8-9,19H,4H2,1H3,(H2,14,15,20)(H2,16,18,21,25)/t6-,8-,9-,24?/m1/s1. The van der Waals surface area contributed by atoms with Gasteiger partial charge in [0.2, 0.25) is 12.1 Å². The van der Waals surface area contributed by atoms with Crippen molar-refractivity contribution in [3.8, 4) is 0 Å². The number of amides is 1. The van der Waals surface area contributed by atoms with Gasteiger partial charge in [0, 0.05) is 13.1 Å². The normalized spacial score (nSPS) is 27.6. The molecule has 2 rings (SSSR count). The summed E-state index contributed by atoms with van der Waals surface area (Å²) >= 11 is 4.62. The molecule has 1 unspecified atom stereocenters. The number of aliphatic hydroxyl groups excluding tert-OH is 1. The van der Waals surface area contributed by atoms with Crippen LogP contribution in [0.2, 0.25) is 0 Å². The van der Waals surface area contributed by atoms with Crippen molar-refractivity contribution in [2.24, 2.45) is 0 Å². The molecule has 2 heterocycles. The minimum absolute atomic E-state index is 0.167. The molecule has 10 nitrogen and oxygen atoms in total. The molecule has 1 aromatic rings. The Labute approximate surface area is 144 Å². The van der Waals surface area contributed by atoms with Crippen molar-refractivity contribution in [2.75, 3.05) is 12.3 Å². The van der Waals surface area contributed by atoms with E-state index >= 15 is 0 Å². The van der Waals surface area contributed by atoms with E-state index in [1.807, 2.05) is 5.09 Å². The molecule has 1 fully saturated rings. The average Bonchev–Trinajstić information content (AvgIpc) is 2.67. The van der Waals surface area contributed by atoms with Crippen LogP contribution < -0.4 is 16.5 Å². The number of aromatic nitrogens is 2. The van der Waals surface area contributed by atoms with Gasteiger partial charge in [0.15, 0.2) is 6.10 Å². The summed E-state index contributed by atoms with van der Waals surface area (Å²) in [7, 11) is 0. The monoisotopic (exact) mass is 400 g/mol. The van der Waals surface area contributed by atoms with Crippen LogP contribution in [0.5, 0.6) is 0 Å². The van der Waals surface area contributed by atoms with Gasteiger partial charge < -0.3 is 25.0 Å². The van der Waals surface area contributed by atoms with Crippen molar-refractivity contribution in [2.45, 2.75) is 31.3 Å². The van der Waals surface area contributed by atoms with Gasteiger partial charge in [-0.15, -0.1) is 0 Å². The molecule has 0 bridgehead atoms. The fourth-order valence-electron chi connectivity index (χ4n) is 2.12. The van der Waals surface area contributed by atoms with Crippen LogP contribution in [0.1, 0.15) is 13.2 Å². The quantitative estimate of drug-likeness (QED) is 0.461. The summed E-state index contributed by atoms with van der Waals surface area (Å²) in [4.78, 5) is 35.6. The summed E-state index contributed by atoms with van der Waals surface area (Å²) in [6, 6.07) is 1.11. The van der Waals surface area contributed by atoms with Gasteiger partial charge in [0.05, 0.1) is 6.61 Å². The number of aliphatic hydroxyl groups is 1. The van der Waals surface area contributed by atoms with Crippen molar-refractivity contribution in [3.05, 3.63) is 22.7 Å². The zero-order valence-electron chi connectivity index (χ0n) is 12.7. The van der Waals surface area contributed by atoms with E-state index in [2.05, 4.69) is 16.8 Å². The number of carbonyl (C=O) groups is 1. The zero-order valence-corrected chi connectivity index (χ0v) is 14.4. The van der Waals surface area contributed by atoms with Gasteiger partial charge in [-0.05, 0) is 17.9 Å². The number of alkyl halides is 2. The number of carbonyl (C=O) groups excluding carboxylic acids is 1. The van der Waals surface area contributed by atoms with Gasteiger partial charge in [0.1, 0.15) is 11.9 Å². The summed E-state index contributed by atoms with van der Waals surface area (Å²) in [5.41, 5.74) is 4.20. The third-order valence-electron chi connectivity index (χ3n) is 3.20. The molecule has 0 saturated carbocycles. The number of hydrogen-bond donors (Lipinski definition) is 4. The first-order valence-electron chi connectivity index (χ1n) is 6.76. The number of nitrogen functional groups attached to an aromatic ring is 1. The number of nitrogens with two attached hydrogens (primary N) is 1. The molecule has 0 aliphatic carbocycles. The summed E-state index contributed by atoms with van der Waals surface area (Å²) in [6.07, 6.45) is -5.18. The lowest BCUT2D eigenvalue weighted by atomic mass is 10.1. The number of hydrogen-bond acceptors (Lipinski definition) is 8. The topological polar surface area (TPSA) is 149 Å². The Bertz CT molecular complexity index is 777. The van der Waals surface area contributed by atoms with Gasteiger partial charge in [-0.2, -0.15) is 13.8 Å². The lowest BCUT2D eigenvalue weighted by Gasteiger charge is -2.21. The highest BCUT2D eigenvalue weighted by Gasteiger charge is 2.59. The predicted octanol–water partition coefficient (Wildman–Crippen LogP) is -0.911. The van der Waals surface area contributed by atoms with Crippen molar-refractivity contribution >= 4 is 30.2 Å². The largest absolute Gasteiger partial charge is 0.384 e.